The molecule has 0 aliphatic heterocycles. The maximum atomic E-state index is 11.4. The standard InChI is InChI=1S/C24H32O7/c1-16(2)31-22(23(26)27)12-17-7-5-9-20(11-17)29-14-19(25)15-30-21-10-6-8-18(13-21)24(3,4)28/h5-11,13,16,19,22,25,28H,12,14-15H2,1-4H3,(H,26,27)/t19-,22-/m0/s1. The molecule has 2 rings (SSSR count). The molecule has 0 amide bonds. The van der Waals surface area contributed by atoms with E-state index in [0.717, 1.165) is 5.56 Å². The van der Waals surface area contributed by atoms with Crippen LogP contribution in [0.4, 0.5) is 0 Å². The molecule has 0 aliphatic carbocycles. The minimum absolute atomic E-state index is 0.0134. The number of benzene rings is 2. The average Bonchev–Trinajstić information content (AvgIpc) is 2.70. The van der Waals surface area contributed by atoms with Crippen molar-refractivity contribution in [3.8, 4) is 11.5 Å². The van der Waals surface area contributed by atoms with Crippen molar-refractivity contribution in [1.29, 1.82) is 0 Å². The van der Waals surface area contributed by atoms with Gasteiger partial charge in [0.15, 0.2) is 6.10 Å². The van der Waals surface area contributed by atoms with Crippen LogP contribution >= 0.6 is 0 Å². The molecule has 0 saturated heterocycles. The molecule has 31 heavy (non-hydrogen) atoms. The highest BCUT2D eigenvalue weighted by Crippen LogP contribution is 2.24. The summed E-state index contributed by atoms with van der Waals surface area (Å²) in [5.41, 5.74) is 0.500. The van der Waals surface area contributed by atoms with E-state index in [1.54, 1.807) is 70.2 Å². The minimum Gasteiger partial charge on any atom is -0.491 e. The van der Waals surface area contributed by atoms with Crippen molar-refractivity contribution in [2.75, 3.05) is 13.2 Å². The quantitative estimate of drug-likeness (QED) is 0.473. The van der Waals surface area contributed by atoms with Crippen molar-refractivity contribution >= 4 is 5.97 Å². The molecule has 2 atom stereocenters. The number of hydrogen-bond acceptors (Lipinski definition) is 6. The van der Waals surface area contributed by atoms with Crippen molar-refractivity contribution in [3.05, 3.63) is 59.7 Å². The van der Waals surface area contributed by atoms with Crippen LogP contribution < -0.4 is 9.47 Å². The lowest BCUT2D eigenvalue weighted by Gasteiger charge is -2.19. The molecule has 0 aromatic heterocycles. The van der Waals surface area contributed by atoms with Crippen molar-refractivity contribution in [3.63, 3.8) is 0 Å². The number of carboxylic acid groups (broad SMARTS) is 1. The lowest BCUT2D eigenvalue weighted by Crippen LogP contribution is -2.29. The summed E-state index contributed by atoms with van der Waals surface area (Å²) in [6, 6.07) is 14.1. The third-order valence-electron chi connectivity index (χ3n) is 4.46. The molecule has 0 bridgehead atoms. The Morgan fingerprint density at radius 2 is 1.58 bits per heavy atom. The zero-order chi connectivity index (χ0) is 23.0. The predicted molar refractivity (Wildman–Crippen MR) is 116 cm³/mol. The van der Waals surface area contributed by atoms with E-state index >= 15 is 0 Å². The van der Waals surface area contributed by atoms with Gasteiger partial charge in [0.05, 0.1) is 11.7 Å². The molecule has 2 aromatic carbocycles. The topological polar surface area (TPSA) is 105 Å². The normalized spacial score (nSPS) is 13.6. The van der Waals surface area contributed by atoms with Gasteiger partial charge in [-0.25, -0.2) is 4.79 Å². The molecule has 170 valence electrons. The van der Waals surface area contributed by atoms with Crippen molar-refractivity contribution in [2.24, 2.45) is 0 Å². The highest BCUT2D eigenvalue weighted by atomic mass is 16.5. The molecule has 0 aliphatic rings. The van der Waals surface area contributed by atoms with Crippen LogP contribution in [0, 0.1) is 0 Å². The fourth-order valence-electron chi connectivity index (χ4n) is 2.90. The van der Waals surface area contributed by atoms with Crippen LogP contribution in [0.25, 0.3) is 0 Å². The Balaban J connectivity index is 1.87. The average molecular weight is 433 g/mol. The number of aliphatic hydroxyl groups excluding tert-OH is 1. The Kier molecular flexibility index (Phi) is 8.86. The van der Waals surface area contributed by atoms with Crippen LogP contribution in [0.1, 0.15) is 38.8 Å². The first-order valence-corrected chi connectivity index (χ1v) is 10.3. The van der Waals surface area contributed by atoms with E-state index in [1.165, 1.54) is 0 Å². The molecule has 0 heterocycles. The Labute approximate surface area is 183 Å². The summed E-state index contributed by atoms with van der Waals surface area (Å²) in [6.07, 6.45) is -1.78. The lowest BCUT2D eigenvalue weighted by atomic mass is 9.98. The van der Waals surface area contributed by atoms with Gasteiger partial charge in [0, 0.05) is 6.42 Å². The van der Waals surface area contributed by atoms with E-state index in [4.69, 9.17) is 14.2 Å². The van der Waals surface area contributed by atoms with E-state index < -0.39 is 23.8 Å². The van der Waals surface area contributed by atoms with Gasteiger partial charge in [-0.3, -0.25) is 0 Å². The second-order valence-electron chi connectivity index (χ2n) is 8.23. The van der Waals surface area contributed by atoms with Gasteiger partial charge in [-0.2, -0.15) is 0 Å². The number of aliphatic hydroxyl groups is 2. The summed E-state index contributed by atoms with van der Waals surface area (Å²) in [5.74, 6) is 0.0565. The monoisotopic (exact) mass is 432 g/mol. The number of carbonyl (C=O) groups is 1. The molecule has 0 fully saturated rings. The number of hydrogen-bond donors (Lipinski definition) is 3. The van der Waals surface area contributed by atoms with Gasteiger partial charge in [0.1, 0.15) is 30.8 Å². The first-order valence-electron chi connectivity index (χ1n) is 10.3. The van der Waals surface area contributed by atoms with Crippen molar-refractivity contribution in [1.82, 2.24) is 0 Å². The van der Waals surface area contributed by atoms with E-state index in [0.29, 0.717) is 17.1 Å². The van der Waals surface area contributed by atoms with Crippen molar-refractivity contribution in [2.45, 2.75) is 58.0 Å². The summed E-state index contributed by atoms with van der Waals surface area (Å²) < 4.78 is 16.7. The van der Waals surface area contributed by atoms with Gasteiger partial charge < -0.3 is 29.5 Å². The smallest absolute Gasteiger partial charge is 0.333 e. The summed E-state index contributed by atoms with van der Waals surface area (Å²) in [7, 11) is 0. The molecule has 0 spiro atoms. The largest absolute Gasteiger partial charge is 0.491 e. The zero-order valence-electron chi connectivity index (χ0n) is 18.4. The Morgan fingerprint density at radius 3 is 2.13 bits per heavy atom. The fourth-order valence-corrected chi connectivity index (χ4v) is 2.90. The highest BCUT2D eigenvalue weighted by molar-refractivity contribution is 5.72. The third kappa shape index (κ3) is 8.57. The first-order chi connectivity index (χ1) is 14.5. The summed E-state index contributed by atoms with van der Waals surface area (Å²) in [5, 5.41) is 29.6. The van der Waals surface area contributed by atoms with Crippen molar-refractivity contribution < 1.29 is 34.3 Å². The SMILES string of the molecule is CC(C)O[C@@H](Cc1cccc(OC[C@H](O)COc2cccc(C(C)(C)O)c2)c1)C(=O)O. The number of rotatable bonds is 12. The van der Waals surface area contributed by atoms with Crippen LogP contribution in [-0.4, -0.2) is 52.8 Å². The van der Waals surface area contributed by atoms with Gasteiger partial charge >= 0.3 is 5.97 Å². The number of aliphatic carboxylic acids is 1. The predicted octanol–water partition coefficient (Wildman–Crippen LogP) is 3.15. The number of carboxylic acids is 1. The molecular formula is C24H32O7. The molecular weight excluding hydrogens is 400 g/mol. The Morgan fingerprint density at radius 1 is 1.00 bits per heavy atom. The Bertz CT molecular complexity index is 842. The van der Waals surface area contributed by atoms with Crippen LogP contribution in [0.15, 0.2) is 48.5 Å². The molecule has 0 unspecified atom stereocenters. The minimum atomic E-state index is -1.01. The second kappa shape index (κ2) is 11.1. The lowest BCUT2D eigenvalue weighted by molar-refractivity contribution is -0.153. The van der Waals surface area contributed by atoms with Gasteiger partial charge in [-0.05, 0) is 63.1 Å². The maximum Gasteiger partial charge on any atom is 0.333 e. The third-order valence-corrected chi connectivity index (χ3v) is 4.46. The van der Waals surface area contributed by atoms with E-state index in [2.05, 4.69) is 0 Å². The molecule has 3 N–H and O–H groups in total. The fraction of sp³-hybridized carbons (Fsp3) is 0.458. The first kappa shape index (κ1) is 24.7. The maximum absolute atomic E-state index is 11.4. The van der Waals surface area contributed by atoms with Gasteiger partial charge in [-0.1, -0.05) is 24.3 Å². The highest BCUT2D eigenvalue weighted by Gasteiger charge is 2.20. The van der Waals surface area contributed by atoms with Gasteiger partial charge in [0.25, 0.3) is 0 Å². The summed E-state index contributed by atoms with van der Waals surface area (Å²) >= 11 is 0. The molecule has 0 saturated carbocycles. The van der Waals surface area contributed by atoms with E-state index in [1.807, 2.05) is 6.07 Å². The Hall–Kier alpha value is -2.61. The summed E-state index contributed by atoms with van der Waals surface area (Å²) in [4.78, 5) is 11.4. The van der Waals surface area contributed by atoms with Gasteiger partial charge in [-0.15, -0.1) is 0 Å². The number of ether oxygens (including phenoxy) is 3. The van der Waals surface area contributed by atoms with Crippen LogP contribution in [0.5, 0.6) is 11.5 Å². The van der Waals surface area contributed by atoms with Gasteiger partial charge in [0.2, 0.25) is 0 Å². The molecule has 2 aromatic rings. The molecule has 7 heteroatoms. The molecule has 0 radical (unpaired) electrons. The van der Waals surface area contributed by atoms with Crippen LogP contribution in [0.3, 0.4) is 0 Å². The van der Waals surface area contributed by atoms with Crippen LogP contribution in [-0.2, 0) is 21.6 Å². The van der Waals surface area contributed by atoms with E-state index in [-0.39, 0.29) is 25.7 Å². The van der Waals surface area contributed by atoms with Crippen LogP contribution in [0.2, 0.25) is 0 Å². The zero-order valence-corrected chi connectivity index (χ0v) is 18.4. The second-order valence-corrected chi connectivity index (χ2v) is 8.23. The summed E-state index contributed by atoms with van der Waals surface area (Å²) in [6.45, 7) is 7.00. The molecule has 7 nitrogen and oxygen atoms in total. The van der Waals surface area contributed by atoms with E-state index in [9.17, 15) is 20.1 Å².